The van der Waals surface area contributed by atoms with Crippen molar-refractivity contribution in [3.63, 3.8) is 0 Å². The highest BCUT2D eigenvalue weighted by molar-refractivity contribution is 14.0. The maximum Gasteiger partial charge on any atom is 0.191 e. The van der Waals surface area contributed by atoms with Gasteiger partial charge in [0.15, 0.2) is 11.8 Å². The summed E-state index contributed by atoms with van der Waals surface area (Å²) in [4.78, 5) is 7.11. The van der Waals surface area contributed by atoms with Gasteiger partial charge in [-0.3, -0.25) is 4.90 Å². The molecule has 1 saturated heterocycles. The van der Waals surface area contributed by atoms with Crippen molar-refractivity contribution in [1.29, 1.82) is 0 Å². The highest BCUT2D eigenvalue weighted by Gasteiger charge is 2.45. The lowest BCUT2D eigenvalue weighted by Crippen LogP contribution is -2.46. The van der Waals surface area contributed by atoms with Crippen LogP contribution in [0.4, 0.5) is 4.39 Å². The van der Waals surface area contributed by atoms with Gasteiger partial charge in [-0.05, 0) is 31.4 Å². The first-order valence-corrected chi connectivity index (χ1v) is 11.0. The number of aliphatic imine (C=N–C) groups is 1. The molecule has 176 valence electrons. The first kappa shape index (κ1) is 24.8. The average Bonchev–Trinajstić information content (AvgIpc) is 3.51. The molecule has 2 fully saturated rings. The molecule has 4 rings (SSSR count). The Balaban J connectivity index is 0.00000289. The van der Waals surface area contributed by atoms with Crippen LogP contribution < -0.4 is 10.6 Å². The molecule has 0 bridgehead atoms. The van der Waals surface area contributed by atoms with Crippen molar-refractivity contribution in [2.75, 3.05) is 45.9 Å². The Bertz CT molecular complexity index is 909. The summed E-state index contributed by atoms with van der Waals surface area (Å²) in [5, 5.41) is 15.2. The quantitative estimate of drug-likeness (QED) is 0.294. The Kier molecular flexibility index (Phi) is 8.83. The van der Waals surface area contributed by atoms with E-state index in [-0.39, 0.29) is 35.2 Å². The fourth-order valence-corrected chi connectivity index (χ4v) is 3.91. The number of nitrogens with one attached hydrogen (secondary N) is 2. The molecule has 1 aromatic carbocycles. The topological polar surface area (TPSA) is 79.6 Å². The lowest BCUT2D eigenvalue weighted by atomic mass is 9.95. The molecule has 0 radical (unpaired) electrons. The Morgan fingerprint density at radius 3 is 2.59 bits per heavy atom. The molecule has 0 unspecified atom stereocenters. The minimum absolute atomic E-state index is 0. The Morgan fingerprint density at radius 1 is 1.19 bits per heavy atom. The molecular weight excluding hydrogens is 524 g/mol. The Morgan fingerprint density at radius 2 is 1.94 bits per heavy atom. The van der Waals surface area contributed by atoms with E-state index in [1.54, 1.807) is 12.1 Å². The largest absolute Gasteiger partial charge is 0.379 e. The van der Waals surface area contributed by atoms with E-state index in [4.69, 9.17) is 9.73 Å². The maximum atomic E-state index is 14.4. The van der Waals surface area contributed by atoms with Crippen molar-refractivity contribution in [1.82, 2.24) is 30.3 Å². The molecular formula is C22H33FIN7O. The fraction of sp³-hybridized carbons (Fsp3) is 0.591. The summed E-state index contributed by atoms with van der Waals surface area (Å²) in [5.74, 6) is 2.25. The van der Waals surface area contributed by atoms with Gasteiger partial charge in [0.05, 0.1) is 13.2 Å². The summed E-state index contributed by atoms with van der Waals surface area (Å²) in [6.07, 6.45) is 1.95. The lowest BCUT2D eigenvalue weighted by molar-refractivity contribution is 0.0389. The van der Waals surface area contributed by atoms with Crippen molar-refractivity contribution in [2.24, 2.45) is 12.0 Å². The number of aryl methyl sites for hydroxylation is 1. The molecule has 8 nitrogen and oxygen atoms in total. The second-order valence-electron chi connectivity index (χ2n) is 8.38. The summed E-state index contributed by atoms with van der Waals surface area (Å²) in [5.41, 5.74) is 0.637. The predicted octanol–water partition coefficient (Wildman–Crippen LogP) is 1.98. The van der Waals surface area contributed by atoms with E-state index in [0.717, 1.165) is 75.4 Å². The van der Waals surface area contributed by atoms with E-state index in [1.165, 1.54) is 0 Å². The molecule has 2 N–H and O–H groups in total. The van der Waals surface area contributed by atoms with E-state index in [1.807, 2.05) is 30.7 Å². The minimum Gasteiger partial charge on any atom is -0.379 e. The molecule has 10 heteroatoms. The number of halogens is 2. The zero-order valence-electron chi connectivity index (χ0n) is 18.8. The number of aromatic nitrogens is 3. The number of rotatable bonds is 8. The molecule has 1 saturated carbocycles. The normalized spacial score (nSPS) is 18.2. The van der Waals surface area contributed by atoms with Crippen molar-refractivity contribution >= 4 is 29.9 Å². The van der Waals surface area contributed by atoms with Gasteiger partial charge in [-0.1, -0.05) is 18.2 Å². The van der Waals surface area contributed by atoms with Crippen LogP contribution in [0.2, 0.25) is 0 Å². The highest BCUT2D eigenvalue weighted by Crippen LogP contribution is 2.48. The summed E-state index contributed by atoms with van der Waals surface area (Å²) < 4.78 is 21.7. The van der Waals surface area contributed by atoms with Crippen LogP contribution in [-0.4, -0.2) is 71.6 Å². The zero-order valence-corrected chi connectivity index (χ0v) is 21.1. The van der Waals surface area contributed by atoms with Crippen LogP contribution in [0.25, 0.3) is 0 Å². The van der Waals surface area contributed by atoms with Gasteiger partial charge in [-0.25, -0.2) is 9.38 Å². The van der Waals surface area contributed by atoms with Gasteiger partial charge in [0.1, 0.15) is 18.2 Å². The number of nitrogens with zero attached hydrogens (tertiary/aromatic N) is 5. The van der Waals surface area contributed by atoms with Crippen LogP contribution in [0.15, 0.2) is 29.3 Å². The number of benzene rings is 1. The van der Waals surface area contributed by atoms with Crippen molar-refractivity contribution in [3.8, 4) is 0 Å². The van der Waals surface area contributed by atoms with Gasteiger partial charge in [-0.15, -0.1) is 34.2 Å². The van der Waals surface area contributed by atoms with Gasteiger partial charge in [-0.2, -0.15) is 0 Å². The van der Waals surface area contributed by atoms with Crippen LogP contribution >= 0.6 is 24.0 Å². The molecule has 2 aromatic rings. The van der Waals surface area contributed by atoms with E-state index in [2.05, 4.69) is 25.7 Å². The van der Waals surface area contributed by atoms with Crippen LogP contribution in [0.3, 0.4) is 0 Å². The molecule has 1 aliphatic heterocycles. The van der Waals surface area contributed by atoms with Crippen LogP contribution in [0, 0.1) is 12.7 Å². The second-order valence-corrected chi connectivity index (χ2v) is 8.38. The van der Waals surface area contributed by atoms with E-state index in [9.17, 15) is 4.39 Å². The first-order valence-electron chi connectivity index (χ1n) is 11.0. The fourth-order valence-electron chi connectivity index (χ4n) is 3.91. The predicted molar refractivity (Wildman–Crippen MR) is 133 cm³/mol. The minimum atomic E-state index is -0.153. The summed E-state index contributed by atoms with van der Waals surface area (Å²) >= 11 is 0. The molecule has 0 amide bonds. The average molecular weight is 557 g/mol. The number of ether oxygens (including phenoxy) is 1. The standard InChI is InChI=1S/C22H32FN7O.HI/c1-17-27-28-20(29(17)2)15-25-21(24-9-10-30-11-13-31-14-12-30)26-16-22(7-8-22)18-5-3-4-6-19(18)23;/h3-6H,7-16H2,1-2H3,(H2,24,25,26);1H. The van der Waals surface area contributed by atoms with Gasteiger partial charge < -0.3 is 19.9 Å². The van der Waals surface area contributed by atoms with E-state index < -0.39 is 0 Å². The van der Waals surface area contributed by atoms with Crippen LogP contribution in [0.1, 0.15) is 30.1 Å². The molecule has 1 aromatic heterocycles. The summed E-state index contributed by atoms with van der Waals surface area (Å²) in [6, 6.07) is 7.09. The molecule has 2 heterocycles. The van der Waals surface area contributed by atoms with Gasteiger partial charge in [0, 0.05) is 45.2 Å². The summed E-state index contributed by atoms with van der Waals surface area (Å²) in [6.45, 7) is 8.18. The maximum absolute atomic E-state index is 14.4. The monoisotopic (exact) mass is 557 g/mol. The van der Waals surface area contributed by atoms with Crippen molar-refractivity contribution in [3.05, 3.63) is 47.3 Å². The SMILES string of the molecule is Cc1nnc(CN=C(NCCN2CCOCC2)NCC2(c3ccccc3F)CC2)n1C.I. The number of morpholine rings is 1. The molecule has 2 aliphatic rings. The molecule has 1 aliphatic carbocycles. The van der Waals surface area contributed by atoms with E-state index >= 15 is 0 Å². The first-order chi connectivity index (χ1) is 15.1. The second kappa shape index (κ2) is 11.4. The van der Waals surface area contributed by atoms with Gasteiger partial charge in [0.25, 0.3) is 0 Å². The van der Waals surface area contributed by atoms with E-state index in [0.29, 0.717) is 13.1 Å². The number of guanidine groups is 1. The Hall–Kier alpha value is -1.79. The van der Waals surface area contributed by atoms with Gasteiger partial charge in [0.2, 0.25) is 0 Å². The van der Waals surface area contributed by atoms with Crippen molar-refractivity contribution in [2.45, 2.75) is 31.7 Å². The Labute approximate surface area is 206 Å². The number of hydrogen-bond acceptors (Lipinski definition) is 5. The molecule has 32 heavy (non-hydrogen) atoms. The van der Waals surface area contributed by atoms with Crippen molar-refractivity contribution < 1.29 is 9.13 Å². The zero-order chi connectivity index (χ0) is 21.7. The van der Waals surface area contributed by atoms with Crippen LogP contribution in [-0.2, 0) is 23.7 Å². The molecule has 0 spiro atoms. The smallest absolute Gasteiger partial charge is 0.191 e. The third-order valence-electron chi connectivity index (χ3n) is 6.28. The lowest BCUT2D eigenvalue weighted by Gasteiger charge is -2.27. The third-order valence-corrected chi connectivity index (χ3v) is 6.28. The summed E-state index contributed by atoms with van der Waals surface area (Å²) in [7, 11) is 1.94. The van der Waals surface area contributed by atoms with Crippen LogP contribution in [0.5, 0.6) is 0 Å². The molecule has 0 atom stereocenters. The van der Waals surface area contributed by atoms with Gasteiger partial charge >= 0.3 is 0 Å². The number of hydrogen-bond donors (Lipinski definition) is 2. The third kappa shape index (κ3) is 6.16. The highest BCUT2D eigenvalue weighted by atomic mass is 127.